The van der Waals surface area contributed by atoms with E-state index in [1.54, 1.807) is 22.7 Å². The summed E-state index contributed by atoms with van der Waals surface area (Å²) in [4.78, 5) is 2.70. The van der Waals surface area contributed by atoms with E-state index in [-0.39, 0.29) is 6.04 Å². The molecule has 0 aromatic carbocycles. The number of nitrogens with two attached hydrogens (primary N) is 1. The van der Waals surface area contributed by atoms with Gasteiger partial charge in [0, 0.05) is 9.75 Å². The molecule has 2 nitrogen and oxygen atoms in total. The molecule has 3 N–H and O–H groups in total. The van der Waals surface area contributed by atoms with Crippen LogP contribution in [0.25, 0.3) is 0 Å². The normalized spacial score (nSPS) is 12.9. The van der Waals surface area contributed by atoms with E-state index in [2.05, 4.69) is 51.0 Å². The molecule has 0 saturated heterocycles. The van der Waals surface area contributed by atoms with Gasteiger partial charge in [-0.2, -0.15) is 0 Å². The summed E-state index contributed by atoms with van der Waals surface area (Å²) in [5.74, 6) is 5.60. The number of aryl methyl sites for hydroxylation is 1. The smallest absolute Gasteiger partial charge is 0.0702 e. The highest BCUT2D eigenvalue weighted by atomic mass is 79.9. The molecule has 16 heavy (non-hydrogen) atoms. The van der Waals surface area contributed by atoms with Gasteiger partial charge in [0.15, 0.2) is 0 Å². The summed E-state index contributed by atoms with van der Waals surface area (Å²) in [6.07, 6.45) is 2.10. The zero-order valence-electron chi connectivity index (χ0n) is 8.65. The van der Waals surface area contributed by atoms with Crippen LogP contribution >= 0.6 is 38.6 Å². The van der Waals surface area contributed by atoms with Crippen LogP contribution in [0.3, 0.4) is 0 Å². The fourth-order valence-electron chi connectivity index (χ4n) is 1.56. The Balaban J connectivity index is 1.96. The Bertz CT molecular complexity index is 425. The third-order valence-corrected chi connectivity index (χ3v) is 5.07. The Hall–Kier alpha value is -0.200. The Morgan fingerprint density at radius 3 is 2.81 bits per heavy atom. The van der Waals surface area contributed by atoms with E-state index in [9.17, 15) is 0 Å². The van der Waals surface area contributed by atoms with Gasteiger partial charge in [-0.05, 0) is 52.4 Å². The summed E-state index contributed by atoms with van der Waals surface area (Å²) in [5, 5.41) is 2.11. The van der Waals surface area contributed by atoms with E-state index in [0.29, 0.717) is 0 Å². The molecule has 0 amide bonds. The molecule has 0 aliphatic heterocycles. The minimum absolute atomic E-state index is 0.249. The standard InChI is InChI=1S/C11H13BrN2S2/c12-11-6-5-10(16-11)9(14-13)4-3-8-2-1-7-15-8/h1-2,5-7,9,14H,3-4,13H2. The van der Waals surface area contributed by atoms with Crippen molar-refractivity contribution in [2.45, 2.75) is 18.9 Å². The van der Waals surface area contributed by atoms with E-state index in [0.717, 1.165) is 16.6 Å². The van der Waals surface area contributed by atoms with Crippen LogP contribution in [0.5, 0.6) is 0 Å². The Morgan fingerprint density at radius 2 is 2.25 bits per heavy atom. The van der Waals surface area contributed by atoms with Crippen molar-refractivity contribution in [1.29, 1.82) is 0 Å². The Morgan fingerprint density at radius 1 is 1.38 bits per heavy atom. The van der Waals surface area contributed by atoms with Crippen molar-refractivity contribution in [1.82, 2.24) is 5.43 Å². The van der Waals surface area contributed by atoms with Gasteiger partial charge in [0.1, 0.15) is 0 Å². The first-order valence-corrected chi connectivity index (χ1v) is 7.52. The first-order valence-electron chi connectivity index (χ1n) is 5.03. The number of hydrogen-bond donors (Lipinski definition) is 2. The first-order chi connectivity index (χ1) is 7.79. The molecule has 2 aromatic heterocycles. The van der Waals surface area contributed by atoms with Gasteiger partial charge in [0.05, 0.1) is 9.83 Å². The van der Waals surface area contributed by atoms with Crippen molar-refractivity contribution in [3.8, 4) is 0 Å². The van der Waals surface area contributed by atoms with Gasteiger partial charge >= 0.3 is 0 Å². The van der Waals surface area contributed by atoms with E-state index >= 15 is 0 Å². The highest BCUT2D eigenvalue weighted by molar-refractivity contribution is 9.11. The fraction of sp³-hybridized carbons (Fsp3) is 0.273. The molecule has 0 spiro atoms. The molecule has 0 aliphatic carbocycles. The molecule has 1 unspecified atom stereocenters. The average Bonchev–Trinajstić information content (AvgIpc) is 2.91. The molecule has 0 aliphatic rings. The second-order valence-electron chi connectivity index (χ2n) is 3.48. The van der Waals surface area contributed by atoms with E-state index < -0.39 is 0 Å². The second-order valence-corrected chi connectivity index (χ2v) is 7.01. The topological polar surface area (TPSA) is 38.0 Å². The summed E-state index contributed by atoms with van der Waals surface area (Å²) < 4.78 is 1.15. The first kappa shape index (κ1) is 12.3. The molecular formula is C11H13BrN2S2. The lowest BCUT2D eigenvalue weighted by Crippen LogP contribution is -2.27. The molecule has 86 valence electrons. The number of nitrogens with one attached hydrogen (secondary N) is 1. The van der Waals surface area contributed by atoms with Crippen LogP contribution in [0.2, 0.25) is 0 Å². The van der Waals surface area contributed by atoms with Crippen LogP contribution in [-0.4, -0.2) is 0 Å². The van der Waals surface area contributed by atoms with Gasteiger partial charge in [0.25, 0.3) is 0 Å². The number of thiophene rings is 2. The van der Waals surface area contributed by atoms with Crippen LogP contribution in [-0.2, 0) is 6.42 Å². The minimum Gasteiger partial charge on any atom is -0.271 e. The molecule has 0 fully saturated rings. The van der Waals surface area contributed by atoms with Crippen LogP contribution < -0.4 is 11.3 Å². The maximum absolute atomic E-state index is 5.60. The highest BCUT2D eigenvalue weighted by Gasteiger charge is 2.12. The van der Waals surface area contributed by atoms with Crippen molar-refractivity contribution < 1.29 is 0 Å². The van der Waals surface area contributed by atoms with Crippen LogP contribution in [0.15, 0.2) is 33.4 Å². The zero-order chi connectivity index (χ0) is 11.4. The summed E-state index contributed by atoms with van der Waals surface area (Å²) in [6.45, 7) is 0. The van der Waals surface area contributed by atoms with Crippen molar-refractivity contribution in [2.24, 2.45) is 5.84 Å². The lowest BCUT2D eigenvalue weighted by molar-refractivity contribution is 0.526. The summed E-state index contributed by atoms with van der Waals surface area (Å²) in [6, 6.07) is 8.69. The molecule has 2 aromatic rings. The number of hydrazine groups is 1. The van der Waals surface area contributed by atoms with E-state index in [1.165, 1.54) is 9.75 Å². The molecule has 0 radical (unpaired) electrons. The largest absolute Gasteiger partial charge is 0.271 e. The van der Waals surface area contributed by atoms with Crippen molar-refractivity contribution in [3.05, 3.63) is 43.2 Å². The summed E-state index contributed by atoms with van der Waals surface area (Å²) in [7, 11) is 0. The predicted molar refractivity (Wildman–Crippen MR) is 74.7 cm³/mol. The average molecular weight is 317 g/mol. The third kappa shape index (κ3) is 3.15. The SMILES string of the molecule is NNC(CCc1cccs1)c1ccc(Br)s1. The third-order valence-electron chi connectivity index (χ3n) is 2.40. The molecule has 0 bridgehead atoms. The summed E-state index contributed by atoms with van der Waals surface area (Å²) >= 11 is 7.01. The minimum atomic E-state index is 0.249. The molecule has 2 rings (SSSR count). The van der Waals surface area contributed by atoms with Crippen molar-refractivity contribution in [3.63, 3.8) is 0 Å². The quantitative estimate of drug-likeness (QED) is 0.652. The summed E-state index contributed by atoms with van der Waals surface area (Å²) in [5.41, 5.74) is 2.89. The zero-order valence-corrected chi connectivity index (χ0v) is 11.9. The van der Waals surface area contributed by atoms with E-state index in [4.69, 9.17) is 5.84 Å². The highest BCUT2D eigenvalue weighted by Crippen LogP contribution is 2.29. The number of halogens is 1. The second kappa shape index (κ2) is 5.93. The van der Waals surface area contributed by atoms with Gasteiger partial charge in [-0.15, -0.1) is 22.7 Å². The molecule has 1 atom stereocenters. The van der Waals surface area contributed by atoms with Crippen LogP contribution in [0, 0.1) is 0 Å². The molecule has 0 saturated carbocycles. The monoisotopic (exact) mass is 316 g/mol. The Kier molecular flexibility index (Phi) is 4.55. The van der Waals surface area contributed by atoms with Gasteiger partial charge in [-0.3, -0.25) is 11.3 Å². The van der Waals surface area contributed by atoms with Crippen LogP contribution in [0.1, 0.15) is 22.2 Å². The van der Waals surface area contributed by atoms with Gasteiger partial charge in [-0.1, -0.05) is 6.07 Å². The van der Waals surface area contributed by atoms with Gasteiger partial charge in [0.2, 0.25) is 0 Å². The van der Waals surface area contributed by atoms with Crippen molar-refractivity contribution >= 4 is 38.6 Å². The fourth-order valence-corrected chi connectivity index (χ4v) is 3.81. The predicted octanol–water partition coefficient (Wildman–Crippen LogP) is 3.71. The van der Waals surface area contributed by atoms with E-state index in [1.807, 2.05) is 0 Å². The molecular weight excluding hydrogens is 304 g/mol. The maximum Gasteiger partial charge on any atom is 0.0702 e. The molecule has 2 heterocycles. The Labute approximate surface area is 112 Å². The van der Waals surface area contributed by atoms with Crippen LogP contribution in [0.4, 0.5) is 0 Å². The van der Waals surface area contributed by atoms with Gasteiger partial charge in [-0.25, -0.2) is 0 Å². The lowest BCUT2D eigenvalue weighted by atomic mass is 10.1. The van der Waals surface area contributed by atoms with Gasteiger partial charge < -0.3 is 0 Å². The molecule has 5 heteroatoms. The van der Waals surface area contributed by atoms with Crippen molar-refractivity contribution in [2.75, 3.05) is 0 Å². The number of hydrogen-bond acceptors (Lipinski definition) is 4. The lowest BCUT2D eigenvalue weighted by Gasteiger charge is -2.13. The maximum atomic E-state index is 5.60. The number of rotatable bonds is 5.